The Morgan fingerprint density at radius 2 is 2.32 bits per heavy atom. The number of aliphatic hydroxyl groups is 1. The highest BCUT2D eigenvalue weighted by molar-refractivity contribution is 5.89. The largest absolute Gasteiger partial charge is 0.394 e. The highest BCUT2D eigenvalue weighted by atomic mass is 16.3. The van der Waals surface area contributed by atoms with E-state index >= 15 is 0 Å². The second-order valence-corrected chi connectivity index (χ2v) is 5.36. The van der Waals surface area contributed by atoms with Crippen LogP contribution in [0.1, 0.15) is 25.3 Å². The summed E-state index contributed by atoms with van der Waals surface area (Å²) in [4.78, 5) is 14.1. The number of anilines is 1. The summed E-state index contributed by atoms with van der Waals surface area (Å²) >= 11 is 0. The van der Waals surface area contributed by atoms with E-state index in [1.807, 2.05) is 31.2 Å². The molecule has 104 valence electrons. The number of hydrogen-bond acceptors (Lipinski definition) is 2. The lowest BCUT2D eigenvalue weighted by atomic mass is 9.91. The maximum absolute atomic E-state index is 12.3. The number of carbonyl (C=O) groups is 1. The van der Waals surface area contributed by atoms with Crippen molar-refractivity contribution in [3.63, 3.8) is 0 Å². The van der Waals surface area contributed by atoms with Gasteiger partial charge in [0, 0.05) is 12.2 Å². The van der Waals surface area contributed by atoms with Crippen LogP contribution < -0.4 is 5.32 Å². The Morgan fingerprint density at radius 1 is 1.53 bits per heavy atom. The third-order valence-corrected chi connectivity index (χ3v) is 3.83. The van der Waals surface area contributed by atoms with E-state index in [-0.39, 0.29) is 18.7 Å². The second-order valence-electron chi connectivity index (χ2n) is 5.36. The molecule has 2 N–H and O–H groups in total. The highest BCUT2D eigenvalue weighted by Crippen LogP contribution is 2.23. The van der Waals surface area contributed by atoms with E-state index in [0.29, 0.717) is 12.5 Å². The number of benzene rings is 1. The lowest BCUT2D eigenvalue weighted by Gasteiger charge is -2.38. The number of rotatable bonds is 2. The quantitative estimate of drug-likeness (QED) is 0.861. The molecule has 1 aromatic rings. The Hall–Kier alpha value is -1.55. The molecule has 0 bridgehead atoms. The maximum atomic E-state index is 12.3. The number of urea groups is 1. The number of aliphatic hydroxyl groups excluding tert-OH is 1. The van der Waals surface area contributed by atoms with Crippen molar-refractivity contribution >= 4 is 11.7 Å². The molecule has 1 fully saturated rings. The van der Waals surface area contributed by atoms with Crippen LogP contribution in [0.4, 0.5) is 10.5 Å². The van der Waals surface area contributed by atoms with Gasteiger partial charge < -0.3 is 15.3 Å². The van der Waals surface area contributed by atoms with Gasteiger partial charge in [-0.05, 0) is 43.4 Å². The molecule has 0 saturated carbocycles. The van der Waals surface area contributed by atoms with E-state index in [1.165, 1.54) is 0 Å². The van der Waals surface area contributed by atoms with Crippen LogP contribution in [0, 0.1) is 12.8 Å². The third kappa shape index (κ3) is 3.26. The fraction of sp³-hybridized carbons (Fsp3) is 0.533. The predicted octanol–water partition coefficient (Wildman–Crippen LogP) is 2.62. The molecule has 2 amide bonds. The lowest BCUT2D eigenvalue weighted by Crippen LogP contribution is -2.51. The number of hydrogen-bond donors (Lipinski definition) is 2. The molecule has 1 aliphatic rings. The second kappa shape index (κ2) is 6.06. The van der Waals surface area contributed by atoms with Crippen molar-refractivity contribution < 1.29 is 9.90 Å². The number of nitrogens with one attached hydrogen (secondary N) is 1. The number of likely N-dealkylation sites (tertiary alicyclic amines) is 1. The van der Waals surface area contributed by atoms with Crippen LogP contribution in [0.3, 0.4) is 0 Å². The zero-order valence-electron chi connectivity index (χ0n) is 11.6. The van der Waals surface area contributed by atoms with Gasteiger partial charge in [-0.25, -0.2) is 4.79 Å². The molecule has 0 aliphatic carbocycles. The summed E-state index contributed by atoms with van der Waals surface area (Å²) < 4.78 is 0. The Labute approximate surface area is 114 Å². The summed E-state index contributed by atoms with van der Waals surface area (Å²) in [6.45, 7) is 4.83. The fourth-order valence-electron chi connectivity index (χ4n) is 2.70. The summed E-state index contributed by atoms with van der Waals surface area (Å²) in [5.41, 5.74) is 1.92. The topological polar surface area (TPSA) is 52.6 Å². The molecule has 0 radical (unpaired) electrons. The highest BCUT2D eigenvalue weighted by Gasteiger charge is 2.31. The van der Waals surface area contributed by atoms with Crippen molar-refractivity contribution in [1.82, 2.24) is 4.90 Å². The molecule has 2 rings (SSSR count). The molecular weight excluding hydrogens is 240 g/mol. The van der Waals surface area contributed by atoms with E-state index in [9.17, 15) is 9.90 Å². The van der Waals surface area contributed by atoms with E-state index in [0.717, 1.165) is 24.1 Å². The molecule has 4 heteroatoms. The minimum absolute atomic E-state index is 0.0302. The average molecular weight is 262 g/mol. The van der Waals surface area contributed by atoms with Gasteiger partial charge in [-0.3, -0.25) is 0 Å². The standard InChI is InChI=1S/C15H22N2O2/c1-11-5-3-7-13(9-11)16-15(19)17-8-4-6-12(2)14(17)10-18/h3,5,7,9,12,14,18H,4,6,8,10H2,1-2H3,(H,16,19). The zero-order chi connectivity index (χ0) is 13.8. The molecule has 1 aliphatic heterocycles. The van der Waals surface area contributed by atoms with E-state index < -0.39 is 0 Å². The number of aryl methyl sites for hydroxylation is 1. The van der Waals surface area contributed by atoms with Crippen molar-refractivity contribution in [2.24, 2.45) is 5.92 Å². The van der Waals surface area contributed by atoms with Gasteiger partial charge in [-0.2, -0.15) is 0 Å². The van der Waals surface area contributed by atoms with Gasteiger partial charge in [-0.1, -0.05) is 19.1 Å². The van der Waals surface area contributed by atoms with Gasteiger partial charge in [0.2, 0.25) is 0 Å². The number of piperidine rings is 1. The minimum atomic E-state index is -0.115. The summed E-state index contributed by atoms with van der Waals surface area (Å²) in [5.74, 6) is 0.349. The first-order chi connectivity index (χ1) is 9.11. The Morgan fingerprint density at radius 3 is 3.00 bits per heavy atom. The molecule has 19 heavy (non-hydrogen) atoms. The van der Waals surface area contributed by atoms with E-state index in [1.54, 1.807) is 4.90 Å². The fourth-order valence-corrected chi connectivity index (χ4v) is 2.70. The molecule has 4 nitrogen and oxygen atoms in total. The normalized spacial score (nSPS) is 23.2. The van der Waals surface area contributed by atoms with Crippen LogP contribution in [-0.4, -0.2) is 35.2 Å². The number of carbonyl (C=O) groups excluding carboxylic acids is 1. The average Bonchev–Trinajstić information content (AvgIpc) is 2.38. The first kappa shape index (κ1) is 13.9. The molecular formula is C15H22N2O2. The Bertz CT molecular complexity index is 448. The summed E-state index contributed by atoms with van der Waals surface area (Å²) in [5, 5.41) is 12.4. The van der Waals surface area contributed by atoms with Crippen LogP contribution in [0.5, 0.6) is 0 Å². The van der Waals surface area contributed by atoms with Crippen molar-refractivity contribution in [3.05, 3.63) is 29.8 Å². The van der Waals surface area contributed by atoms with Gasteiger partial charge in [0.25, 0.3) is 0 Å². The summed E-state index contributed by atoms with van der Waals surface area (Å²) in [7, 11) is 0. The third-order valence-electron chi connectivity index (χ3n) is 3.83. The van der Waals surface area contributed by atoms with E-state index in [2.05, 4.69) is 12.2 Å². The maximum Gasteiger partial charge on any atom is 0.322 e. The monoisotopic (exact) mass is 262 g/mol. The molecule has 1 saturated heterocycles. The number of nitrogens with zero attached hydrogens (tertiary/aromatic N) is 1. The molecule has 0 spiro atoms. The van der Waals surface area contributed by atoms with Gasteiger partial charge in [0.1, 0.15) is 0 Å². The molecule has 2 atom stereocenters. The van der Waals surface area contributed by atoms with Crippen molar-refractivity contribution in [2.75, 3.05) is 18.5 Å². The van der Waals surface area contributed by atoms with Crippen LogP contribution in [0.25, 0.3) is 0 Å². The van der Waals surface area contributed by atoms with Gasteiger partial charge in [-0.15, -0.1) is 0 Å². The molecule has 0 aromatic heterocycles. The van der Waals surface area contributed by atoms with Crippen LogP contribution in [-0.2, 0) is 0 Å². The van der Waals surface area contributed by atoms with Crippen LogP contribution in [0.2, 0.25) is 0 Å². The predicted molar refractivity (Wildman–Crippen MR) is 76.2 cm³/mol. The lowest BCUT2D eigenvalue weighted by molar-refractivity contribution is 0.0811. The van der Waals surface area contributed by atoms with Crippen molar-refractivity contribution in [2.45, 2.75) is 32.7 Å². The Kier molecular flexibility index (Phi) is 4.43. The van der Waals surface area contributed by atoms with Crippen LogP contribution in [0.15, 0.2) is 24.3 Å². The zero-order valence-corrected chi connectivity index (χ0v) is 11.6. The summed E-state index contributed by atoms with van der Waals surface area (Å²) in [6, 6.07) is 7.56. The number of amides is 2. The SMILES string of the molecule is Cc1cccc(NC(=O)N2CCCC(C)C2CO)c1. The smallest absolute Gasteiger partial charge is 0.322 e. The minimum Gasteiger partial charge on any atom is -0.394 e. The summed E-state index contributed by atoms with van der Waals surface area (Å²) in [6.07, 6.45) is 2.07. The van der Waals surface area contributed by atoms with Crippen molar-refractivity contribution in [3.8, 4) is 0 Å². The Balaban J connectivity index is 2.06. The molecule has 2 unspecified atom stereocenters. The molecule has 1 aromatic carbocycles. The first-order valence-electron chi connectivity index (χ1n) is 6.87. The van der Waals surface area contributed by atoms with Gasteiger partial charge >= 0.3 is 6.03 Å². The van der Waals surface area contributed by atoms with Gasteiger partial charge in [0.05, 0.1) is 12.6 Å². The first-order valence-corrected chi connectivity index (χ1v) is 6.87. The molecule has 1 heterocycles. The van der Waals surface area contributed by atoms with Crippen molar-refractivity contribution in [1.29, 1.82) is 0 Å². The van der Waals surface area contributed by atoms with Gasteiger partial charge in [0.15, 0.2) is 0 Å². The van der Waals surface area contributed by atoms with E-state index in [4.69, 9.17) is 0 Å². The van der Waals surface area contributed by atoms with Crippen LogP contribution >= 0.6 is 0 Å².